The van der Waals surface area contributed by atoms with Crippen molar-refractivity contribution in [1.29, 1.82) is 0 Å². The minimum atomic E-state index is -3.47. The summed E-state index contributed by atoms with van der Waals surface area (Å²) >= 11 is 0. The van der Waals surface area contributed by atoms with Gasteiger partial charge in [-0.25, -0.2) is 4.85 Å². The molecule has 0 aliphatic carbocycles. The molecule has 0 fully saturated rings. The molecule has 0 heterocycles. The first-order chi connectivity index (χ1) is 6.02. The van der Waals surface area contributed by atoms with Crippen molar-refractivity contribution >= 4 is 7.60 Å². The van der Waals surface area contributed by atoms with Crippen LogP contribution in [0.2, 0.25) is 0 Å². The summed E-state index contributed by atoms with van der Waals surface area (Å²) in [6, 6.07) is 0. The number of hydrogen-bond donors (Lipinski definition) is 1. The Morgan fingerprint density at radius 3 is 2.85 bits per heavy atom. The van der Waals surface area contributed by atoms with E-state index in [2.05, 4.69) is 15.9 Å². The van der Waals surface area contributed by atoms with Gasteiger partial charge in [-0.2, -0.15) is 0 Å². The molecule has 74 valence electrons. The number of nitrogens with zero attached hydrogens (tertiary/aromatic N) is 1. The minimum absolute atomic E-state index is 0.0746. The maximum atomic E-state index is 10.9. The van der Waals surface area contributed by atoms with Gasteiger partial charge in [0.25, 0.3) is 0 Å². The van der Waals surface area contributed by atoms with E-state index in [-0.39, 0.29) is 25.1 Å². The van der Waals surface area contributed by atoms with Crippen LogP contribution in [-0.2, 0) is 13.8 Å². The highest BCUT2D eigenvalue weighted by Gasteiger charge is 2.15. The molecule has 6 heteroatoms. The molecule has 1 unspecified atom stereocenters. The van der Waals surface area contributed by atoms with Crippen LogP contribution in [0.5, 0.6) is 0 Å². The van der Waals surface area contributed by atoms with Gasteiger partial charge in [-0.15, -0.1) is 0 Å². The van der Waals surface area contributed by atoms with Crippen LogP contribution in [0.3, 0.4) is 0 Å². The van der Waals surface area contributed by atoms with E-state index in [9.17, 15) is 4.57 Å². The molecule has 0 amide bonds. The lowest BCUT2D eigenvalue weighted by molar-refractivity contribution is 0.168. The molecule has 0 saturated carbocycles. The molecule has 0 rings (SSSR count). The topological polar surface area (TPSA) is 60.1 Å². The fourth-order valence-electron chi connectivity index (χ4n) is 0.493. The van der Waals surface area contributed by atoms with E-state index in [4.69, 9.17) is 16.2 Å². The molecule has 5 nitrogen and oxygen atoms in total. The standard InChI is InChI=1S/C7H12NO4P/c1-7(8-2)6-12-4-5-13(9,10)11-3/h1,4-6H2,3H3,(H,9,10). The van der Waals surface area contributed by atoms with Gasteiger partial charge in [-0.05, 0) is 0 Å². The quantitative estimate of drug-likeness (QED) is 0.403. The molecular formula is C7H12NO4P. The highest BCUT2D eigenvalue weighted by molar-refractivity contribution is 7.52. The summed E-state index contributed by atoms with van der Waals surface area (Å²) < 4.78 is 20.1. The molecule has 0 saturated heterocycles. The van der Waals surface area contributed by atoms with Crippen LogP contribution in [0.4, 0.5) is 0 Å². The monoisotopic (exact) mass is 205 g/mol. The van der Waals surface area contributed by atoms with Gasteiger partial charge in [0.1, 0.15) is 0 Å². The molecule has 0 aliphatic heterocycles. The summed E-state index contributed by atoms with van der Waals surface area (Å²) in [5.41, 5.74) is 0.269. The molecule has 13 heavy (non-hydrogen) atoms. The maximum Gasteiger partial charge on any atom is 0.330 e. The van der Waals surface area contributed by atoms with Crippen molar-refractivity contribution in [1.82, 2.24) is 0 Å². The van der Waals surface area contributed by atoms with Gasteiger partial charge in [0.05, 0.1) is 25.9 Å². The second kappa shape index (κ2) is 5.90. The van der Waals surface area contributed by atoms with Crippen molar-refractivity contribution in [3.05, 3.63) is 23.7 Å². The van der Waals surface area contributed by atoms with E-state index in [0.717, 1.165) is 0 Å². The van der Waals surface area contributed by atoms with Gasteiger partial charge in [-0.1, -0.05) is 6.58 Å². The minimum Gasteiger partial charge on any atom is -0.387 e. The van der Waals surface area contributed by atoms with Gasteiger partial charge >= 0.3 is 7.60 Å². The molecule has 0 bridgehead atoms. The van der Waals surface area contributed by atoms with E-state index in [1.165, 1.54) is 7.11 Å². The van der Waals surface area contributed by atoms with Crippen LogP contribution in [0, 0.1) is 6.57 Å². The lowest BCUT2D eigenvalue weighted by atomic mass is 10.5. The van der Waals surface area contributed by atoms with Crippen molar-refractivity contribution in [2.45, 2.75) is 0 Å². The van der Waals surface area contributed by atoms with E-state index in [0.29, 0.717) is 0 Å². The Morgan fingerprint density at radius 2 is 2.38 bits per heavy atom. The van der Waals surface area contributed by atoms with Gasteiger partial charge in [0.15, 0.2) is 5.70 Å². The lowest BCUT2D eigenvalue weighted by Gasteiger charge is -2.08. The molecule has 0 spiro atoms. The Balaban J connectivity index is 3.54. The van der Waals surface area contributed by atoms with Crippen LogP contribution in [0.25, 0.3) is 4.85 Å². The van der Waals surface area contributed by atoms with Crippen LogP contribution in [-0.4, -0.2) is 31.4 Å². The maximum absolute atomic E-state index is 10.9. The summed E-state index contributed by atoms with van der Waals surface area (Å²) in [6.07, 6.45) is -0.0746. The van der Waals surface area contributed by atoms with E-state index in [1.54, 1.807) is 0 Å². The number of rotatable bonds is 6. The third-order valence-electron chi connectivity index (χ3n) is 1.23. The zero-order valence-electron chi connectivity index (χ0n) is 7.39. The molecule has 0 radical (unpaired) electrons. The van der Waals surface area contributed by atoms with Gasteiger partial charge in [0, 0.05) is 7.11 Å². The predicted octanol–water partition coefficient (Wildman–Crippen LogP) is 1.27. The predicted molar refractivity (Wildman–Crippen MR) is 48.3 cm³/mol. The summed E-state index contributed by atoms with van der Waals surface area (Å²) in [7, 11) is -2.31. The average molecular weight is 205 g/mol. The van der Waals surface area contributed by atoms with Crippen molar-refractivity contribution in [3.8, 4) is 0 Å². The van der Waals surface area contributed by atoms with Crippen molar-refractivity contribution in [2.24, 2.45) is 0 Å². The zero-order valence-corrected chi connectivity index (χ0v) is 8.29. The third-order valence-corrected chi connectivity index (χ3v) is 2.55. The van der Waals surface area contributed by atoms with Crippen molar-refractivity contribution in [3.63, 3.8) is 0 Å². The molecular weight excluding hydrogens is 193 g/mol. The lowest BCUT2D eigenvalue weighted by Crippen LogP contribution is -2.03. The normalized spacial score (nSPS) is 14.5. The van der Waals surface area contributed by atoms with Crippen LogP contribution < -0.4 is 0 Å². The molecule has 1 atom stereocenters. The van der Waals surface area contributed by atoms with Crippen LogP contribution >= 0.6 is 7.60 Å². The summed E-state index contributed by atoms with van der Waals surface area (Å²) in [5, 5.41) is 0. The Labute approximate surface area is 77.3 Å². The second-order valence-electron chi connectivity index (χ2n) is 2.27. The zero-order chi connectivity index (χ0) is 10.3. The molecule has 1 N–H and O–H groups in total. The highest BCUT2D eigenvalue weighted by atomic mass is 31.2. The van der Waals surface area contributed by atoms with Crippen LogP contribution in [0.1, 0.15) is 0 Å². The molecule has 0 aliphatic rings. The highest BCUT2D eigenvalue weighted by Crippen LogP contribution is 2.39. The van der Waals surface area contributed by atoms with Gasteiger partial charge in [0.2, 0.25) is 0 Å². The second-order valence-corrected chi connectivity index (χ2v) is 4.36. The number of ether oxygens (including phenoxy) is 1. The Bertz CT molecular complexity index is 258. The largest absolute Gasteiger partial charge is 0.387 e. The first kappa shape index (κ1) is 12.3. The summed E-state index contributed by atoms with van der Waals surface area (Å²) in [5.74, 6) is 0. The molecule has 0 aromatic carbocycles. The van der Waals surface area contributed by atoms with Crippen molar-refractivity contribution in [2.75, 3.05) is 26.5 Å². The molecule has 0 aromatic heterocycles. The fourth-order valence-corrected chi connectivity index (χ4v) is 1.04. The Hall–Kier alpha value is -0.660. The molecule has 0 aromatic rings. The summed E-state index contributed by atoms with van der Waals surface area (Å²) in [6.45, 7) is 10.1. The Morgan fingerprint density at radius 1 is 1.77 bits per heavy atom. The first-order valence-electron chi connectivity index (χ1n) is 3.52. The SMILES string of the molecule is [C-]#[N+]C(=C)COCCP(=O)(O)OC. The average Bonchev–Trinajstić information content (AvgIpc) is 2.12. The third kappa shape index (κ3) is 6.50. The van der Waals surface area contributed by atoms with E-state index in [1.807, 2.05) is 0 Å². The van der Waals surface area contributed by atoms with Crippen molar-refractivity contribution < 1.29 is 18.7 Å². The fraction of sp³-hybridized carbons (Fsp3) is 0.571. The van der Waals surface area contributed by atoms with Gasteiger partial charge < -0.3 is 14.2 Å². The van der Waals surface area contributed by atoms with E-state index >= 15 is 0 Å². The Kier molecular flexibility index (Phi) is 5.60. The van der Waals surface area contributed by atoms with Crippen LogP contribution in [0.15, 0.2) is 12.3 Å². The smallest absolute Gasteiger partial charge is 0.330 e. The number of hydrogen-bond acceptors (Lipinski definition) is 3. The first-order valence-corrected chi connectivity index (χ1v) is 5.28. The van der Waals surface area contributed by atoms with E-state index < -0.39 is 7.60 Å². The van der Waals surface area contributed by atoms with Gasteiger partial charge in [-0.3, -0.25) is 4.57 Å². The summed E-state index contributed by atoms with van der Waals surface area (Å²) in [4.78, 5) is 11.9.